The van der Waals surface area contributed by atoms with Crippen molar-refractivity contribution in [2.24, 2.45) is 7.05 Å². The summed E-state index contributed by atoms with van der Waals surface area (Å²) in [5.41, 5.74) is 10.2. The molecule has 9 aromatic rings. The van der Waals surface area contributed by atoms with Crippen molar-refractivity contribution < 1.29 is 4.74 Å². The molecule has 0 unspecified atom stereocenters. The normalized spacial score (nSPS) is 13.4. The van der Waals surface area contributed by atoms with Crippen LogP contribution in [-0.2, 0) is 12.5 Å². The summed E-state index contributed by atoms with van der Waals surface area (Å²) in [6.45, 7) is 7.45. The molecule has 6 heteroatoms. The Hall–Kier alpha value is -6.79. The second kappa shape index (κ2) is 12.7. The number of para-hydroxylation sites is 3. The fourth-order valence-corrected chi connectivity index (χ4v) is 8.11. The molecule has 0 radical (unpaired) electrons. The van der Waals surface area contributed by atoms with Crippen LogP contribution in [0.25, 0.3) is 55.1 Å². The molecule has 10 rings (SSSR count). The smallest absolute Gasteiger partial charge is 0.139 e. The molecule has 6 aromatic carbocycles. The quantitative estimate of drug-likeness (QED) is 0.172. The van der Waals surface area contributed by atoms with Gasteiger partial charge in [-0.25, -0.2) is 4.98 Å². The summed E-state index contributed by atoms with van der Waals surface area (Å²) in [6.07, 6.45) is 4.28. The fraction of sp³-hybridized carbons (Fsp3) is 0.122. The molecule has 1 aliphatic heterocycles. The molecule has 0 bridgehead atoms. The minimum absolute atomic E-state index is 0.0959. The number of aryl methyl sites for hydroxylation is 1. The highest BCUT2D eigenvalue weighted by Crippen LogP contribution is 2.40. The number of rotatable bonds is 6. The van der Waals surface area contributed by atoms with E-state index in [1.807, 2.05) is 6.20 Å². The molecule has 0 fully saturated rings. The van der Waals surface area contributed by atoms with Crippen LogP contribution in [-0.4, -0.2) is 20.8 Å². The van der Waals surface area contributed by atoms with Crippen molar-refractivity contribution in [2.75, 3.05) is 16.5 Å². The van der Waals surface area contributed by atoms with Gasteiger partial charge >= 0.3 is 0 Å². The largest absolute Gasteiger partial charge is 0.457 e. The van der Waals surface area contributed by atoms with Crippen molar-refractivity contribution >= 4 is 60.7 Å². The Bertz CT molecular complexity index is 2930. The van der Waals surface area contributed by atoms with Crippen molar-refractivity contribution in [3.8, 4) is 17.3 Å². The van der Waals surface area contributed by atoms with Gasteiger partial charge in [0.25, 0.3) is 0 Å². The maximum Gasteiger partial charge on any atom is 0.139 e. The van der Waals surface area contributed by atoms with Crippen molar-refractivity contribution in [1.82, 2.24) is 14.1 Å². The summed E-state index contributed by atoms with van der Waals surface area (Å²) >= 11 is 0. The van der Waals surface area contributed by atoms with Gasteiger partial charge in [0.05, 0.1) is 28.9 Å². The lowest BCUT2D eigenvalue weighted by molar-refractivity contribution is 0.479. The Morgan fingerprint density at radius 1 is 0.564 bits per heavy atom. The minimum Gasteiger partial charge on any atom is -0.457 e. The van der Waals surface area contributed by atoms with Crippen LogP contribution in [0.2, 0.25) is 0 Å². The fourth-order valence-electron chi connectivity index (χ4n) is 8.11. The van der Waals surface area contributed by atoms with Gasteiger partial charge in [-0.3, -0.25) is 4.57 Å². The number of pyridine rings is 1. The van der Waals surface area contributed by atoms with Gasteiger partial charge in [0, 0.05) is 76.1 Å². The van der Waals surface area contributed by atoms with Crippen LogP contribution in [0.3, 0.4) is 0 Å². The van der Waals surface area contributed by atoms with Gasteiger partial charge in [0.1, 0.15) is 17.3 Å². The first-order valence-electron chi connectivity index (χ1n) is 18.9. The molecule has 0 saturated heterocycles. The summed E-state index contributed by atoms with van der Waals surface area (Å²) in [6, 6.07) is 53.6. The van der Waals surface area contributed by atoms with E-state index in [0.29, 0.717) is 6.67 Å². The number of benzene rings is 6. The van der Waals surface area contributed by atoms with Crippen LogP contribution < -0.4 is 14.5 Å². The van der Waals surface area contributed by atoms with Crippen molar-refractivity contribution in [1.29, 1.82) is 0 Å². The maximum atomic E-state index is 6.86. The van der Waals surface area contributed by atoms with Gasteiger partial charge in [-0.05, 0) is 65.1 Å². The van der Waals surface area contributed by atoms with Crippen LogP contribution in [0.5, 0.6) is 11.5 Å². The first-order valence-corrected chi connectivity index (χ1v) is 18.9. The van der Waals surface area contributed by atoms with Crippen molar-refractivity contribution in [3.05, 3.63) is 175 Å². The molecule has 268 valence electrons. The van der Waals surface area contributed by atoms with E-state index in [1.54, 1.807) is 0 Å². The lowest BCUT2D eigenvalue weighted by atomic mass is 9.86. The summed E-state index contributed by atoms with van der Waals surface area (Å²) in [5.74, 6) is 2.44. The molecule has 0 amide bonds. The van der Waals surface area contributed by atoms with Crippen molar-refractivity contribution in [2.45, 2.75) is 26.2 Å². The molecule has 55 heavy (non-hydrogen) atoms. The number of hydrogen-bond acceptors (Lipinski definition) is 4. The highest BCUT2D eigenvalue weighted by atomic mass is 16.5. The molecule has 0 spiro atoms. The third kappa shape index (κ3) is 5.60. The predicted molar refractivity (Wildman–Crippen MR) is 228 cm³/mol. The maximum absolute atomic E-state index is 6.86. The summed E-state index contributed by atoms with van der Waals surface area (Å²) in [7, 11) is 2.13. The van der Waals surface area contributed by atoms with E-state index in [0.717, 1.165) is 61.7 Å². The summed E-state index contributed by atoms with van der Waals surface area (Å²) < 4.78 is 11.4. The molecule has 0 saturated carbocycles. The average Bonchev–Trinajstić information content (AvgIpc) is 3.89. The number of nitrogens with zero attached hydrogens (tertiary/aromatic N) is 5. The van der Waals surface area contributed by atoms with Gasteiger partial charge in [-0.2, -0.15) is 0 Å². The standard InChI is InChI=1S/C49H41N5O/c1-49(2,3)34-25-36(52-31-47(33-15-7-5-8-16-33)53(32-52)35-17-9-6-10-18-35)27-38(26-34)55-37-23-24-41-39-19-12-14-22-44(39)54(46(41)28-37)48-29-45-42(30-50-48)40-20-11-13-21-43(40)51(45)4/h5-31H,32H2,1-4H3. The zero-order valence-electron chi connectivity index (χ0n) is 31.4. The zero-order chi connectivity index (χ0) is 37.3. The van der Waals surface area contributed by atoms with E-state index in [4.69, 9.17) is 9.72 Å². The van der Waals surface area contributed by atoms with E-state index in [1.165, 1.54) is 27.4 Å². The number of aromatic nitrogens is 3. The molecular weight excluding hydrogens is 675 g/mol. The first-order chi connectivity index (χ1) is 26.8. The topological polar surface area (TPSA) is 38.5 Å². The molecule has 0 atom stereocenters. The van der Waals surface area contributed by atoms with Crippen LogP contribution in [0.4, 0.5) is 11.4 Å². The van der Waals surface area contributed by atoms with Gasteiger partial charge in [-0.15, -0.1) is 0 Å². The van der Waals surface area contributed by atoms with Crippen molar-refractivity contribution in [3.63, 3.8) is 0 Å². The second-order valence-corrected chi connectivity index (χ2v) is 15.5. The lowest BCUT2D eigenvalue weighted by Crippen LogP contribution is -2.26. The van der Waals surface area contributed by atoms with Gasteiger partial charge in [0.15, 0.2) is 0 Å². The van der Waals surface area contributed by atoms with E-state index >= 15 is 0 Å². The van der Waals surface area contributed by atoms with Gasteiger partial charge in [0.2, 0.25) is 0 Å². The zero-order valence-corrected chi connectivity index (χ0v) is 31.4. The predicted octanol–water partition coefficient (Wildman–Crippen LogP) is 12.2. The molecule has 1 aliphatic rings. The van der Waals surface area contributed by atoms with E-state index in [-0.39, 0.29) is 5.41 Å². The van der Waals surface area contributed by atoms with E-state index < -0.39 is 0 Å². The monoisotopic (exact) mass is 715 g/mol. The minimum atomic E-state index is -0.0959. The van der Waals surface area contributed by atoms with Crippen LogP contribution in [0, 0.1) is 0 Å². The van der Waals surface area contributed by atoms with Crippen LogP contribution >= 0.6 is 0 Å². The SMILES string of the molecule is Cn1c2ccccc2c2cnc(-n3c4ccccc4c4ccc(Oc5cc(N6C=C(c7ccccc7)N(c7ccccc7)C6)cc(C(C)(C)C)c5)cc43)cc21. The van der Waals surface area contributed by atoms with E-state index in [2.05, 4.69) is 205 Å². The molecule has 0 N–H and O–H groups in total. The van der Waals surface area contributed by atoms with Crippen LogP contribution in [0.15, 0.2) is 164 Å². The molecule has 4 heterocycles. The Morgan fingerprint density at radius 3 is 2.00 bits per heavy atom. The number of fused-ring (bicyclic) bond motifs is 6. The Morgan fingerprint density at radius 2 is 1.24 bits per heavy atom. The molecule has 0 aliphatic carbocycles. The molecule has 3 aromatic heterocycles. The Balaban J connectivity index is 1.07. The second-order valence-electron chi connectivity index (χ2n) is 15.5. The lowest BCUT2D eigenvalue weighted by Gasteiger charge is -2.26. The number of anilines is 2. The van der Waals surface area contributed by atoms with Gasteiger partial charge in [-0.1, -0.05) is 106 Å². The third-order valence-corrected chi connectivity index (χ3v) is 11.0. The van der Waals surface area contributed by atoms with E-state index in [9.17, 15) is 0 Å². The summed E-state index contributed by atoms with van der Waals surface area (Å²) in [4.78, 5) is 9.77. The van der Waals surface area contributed by atoms with Gasteiger partial charge < -0.3 is 19.1 Å². The first kappa shape index (κ1) is 32.8. The third-order valence-electron chi connectivity index (χ3n) is 11.0. The highest BCUT2D eigenvalue weighted by molar-refractivity contribution is 6.11. The van der Waals surface area contributed by atoms with Crippen LogP contribution in [0.1, 0.15) is 31.9 Å². The number of ether oxygens (including phenoxy) is 1. The average molecular weight is 716 g/mol. The Labute approximate surface area is 320 Å². The highest BCUT2D eigenvalue weighted by Gasteiger charge is 2.26. The Kier molecular flexibility index (Phi) is 7.56. The summed E-state index contributed by atoms with van der Waals surface area (Å²) in [5, 5.41) is 4.69. The number of hydrogen-bond donors (Lipinski definition) is 0. The molecular formula is C49H41N5O. The molecule has 6 nitrogen and oxygen atoms in total.